The summed E-state index contributed by atoms with van der Waals surface area (Å²) in [6, 6.07) is 6.58. The third-order valence-corrected chi connectivity index (χ3v) is 5.09. The molecular weight excluding hydrogens is 459 g/mol. The lowest BCUT2D eigenvalue weighted by molar-refractivity contribution is -0.119. The van der Waals surface area contributed by atoms with Crippen LogP contribution in [0.3, 0.4) is 0 Å². The number of benzene rings is 1. The Kier molecular flexibility index (Phi) is 8.72. The highest BCUT2D eigenvalue weighted by Crippen LogP contribution is 2.35. The van der Waals surface area contributed by atoms with Crippen molar-refractivity contribution in [3.8, 4) is 23.1 Å². The summed E-state index contributed by atoms with van der Waals surface area (Å²) >= 11 is 0. The molecule has 10 nitrogen and oxygen atoms in total. The molecule has 0 aliphatic rings. The molecule has 35 heavy (non-hydrogen) atoms. The molecule has 2 atom stereocenters. The van der Waals surface area contributed by atoms with Crippen LogP contribution < -0.4 is 14.8 Å². The third-order valence-electron chi connectivity index (χ3n) is 5.09. The van der Waals surface area contributed by atoms with Gasteiger partial charge in [-0.3, -0.25) is 9.48 Å². The standard InChI is InChI=1S/C24H31FN4O6/c1-4-34-19-6-5-7-20(23(19)25)35-17-11-22(32)29(13-17)18(10-15(2)3)24(33)26-21-8-9-28(27-21)12-16(31)14-30/h5-9,11,13,15-16,18,30-32H,4,10,12,14H2,1-3H3,(H,26,27,33)/t16-,18+/m1/s1. The third kappa shape index (κ3) is 6.74. The summed E-state index contributed by atoms with van der Waals surface area (Å²) in [4.78, 5) is 13.1. The van der Waals surface area contributed by atoms with E-state index in [1.54, 1.807) is 25.3 Å². The van der Waals surface area contributed by atoms with Crippen LogP contribution in [-0.2, 0) is 11.3 Å². The molecule has 2 heterocycles. The van der Waals surface area contributed by atoms with Crippen LogP contribution in [0.2, 0.25) is 0 Å². The molecule has 4 N–H and O–H groups in total. The monoisotopic (exact) mass is 490 g/mol. The molecule has 0 bridgehead atoms. The molecule has 0 fully saturated rings. The van der Waals surface area contributed by atoms with Gasteiger partial charge in [0, 0.05) is 18.3 Å². The van der Waals surface area contributed by atoms with Gasteiger partial charge in [0.15, 0.2) is 23.2 Å². The highest BCUT2D eigenvalue weighted by Gasteiger charge is 2.26. The molecule has 2 aromatic heterocycles. The maximum atomic E-state index is 14.6. The lowest BCUT2D eigenvalue weighted by atomic mass is 10.0. The summed E-state index contributed by atoms with van der Waals surface area (Å²) < 4.78 is 28.3. The summed E-state index contributed by atoms with van der Waals surface area (Å²) in [5.41, 5.74) is 0. The van der Waals surface area contributed by atoms with E-state index in [2.05, 4.69) is 10.4 Å². The van der Waals surface area contributed by atoms with E-state index >= 15 is 0 Å². The van der Waals surface area contributed by atoms with Crippen LogP contribution in [0, 0.1) is 11.7 Å². The highest BCUT2D eigenvalue weighted by molar-refractivity contribution is 5.93. The van der Waals surface area contributed by atoms with Crippen molar-refractivity contribution in [2.45, 2.75) is 45.9 Å². The first-order chi connectivity index (χ1) is 16.7. The number of aliphatic hydroxyl groups is 2. The highest BCUT2D eigenvalue weighted by atomic mass is 19.1. The van der Waals surface area contributed by atoms with Crippen LogP contribution in [0.15, 0.2) is 42.7 Å². The van der Waals surface area contributed by atoms with Gasteiger partial charge in [0.1, 0.15) is 11.8 Å². The SMILES string of the molecule is CCOc1cccc(Oc2cc(O)n([C@@H](CC(C)C)C(=O)Nc3ccn(C[C@@H](O)CO)n3)c2)c1F. The second-order valence-electron chi connectivity index (χ2n) is 8.44. The number of hydrogen-bond donors (Lipinski definition) is 4. The average molecular weight is 491 g/mol. The van der Waals surface area contributed by atoms with Gasteiger partial charge < -0.3 is 34.7 Å². The van der Waals surface area contributed by atoms with Crippen molar-refractivity contribution in [3.63, 3.8) is 0 Å². The fourth-order valence-corrected chi connectivity index (χ4v) is 3.52. The molecular formula is C24H31FN4O6. The van der Waals surface area contributed by atoms with E-state index in [-0.39, 0.29) is 41.4 Å². The predicted molar refractivity (Wildman–Crippen MR) is 126 cm³/mol. The molecule has 190 valence electrons. The van der Waals surface area contributed by atoms with Crippen LogP contribution in [0.5, 0.6) is 23.1 Å². The zero-order chi connectivity index (χ0) is 25.5. The van der Waals surface area contributed by atoms with Crippen LogP contribution in [0.1, 0.15) is 33.2 Å². The number of ether oxygens (including phenoxy) is 2. The summed E-state index contributed by atoms with van der Waals surface area (Å²) in [5.74, 6) is -0.821. The number of nitrogens with one attached hydrogen (secondary N) is 1. The first-order valence-corrected chi connectivity index (χ1v) is 11.3. The zero-order valence-corrected chi connectivity index (χ0v) is 19.9. The number of aliphatic hydroxyl groups excluding tert-OH is 2. The van der Waals surface area contributed by atoms with Gasteiger partial charge in [0.2, 0.25) is 11.7 Å². The van der Waals surface area contributed by atoms with E-state index in [9.17, 15) is 19.4 Å². The van der Waals surface area contributed by atoms with E-state index < -0.39 is 30.5 Å². The van der Waals surface area contributed by atoms with Gasteiger partial charge in [-0.05, 0) is 31.4 Å². The molecule has 0 unspecified atom stereocenters. The summed E-state index contributed by atoms with van der Waals surface area (Å²) in [6.07, 6.45) is 2.42. The number of aromatic hydroxyl groups is 1. The van der Waals surface area contributed by atoms with Crippen molar-refractivity contribution in [3.05, 3.63) is 48.5 Å². The number of hydrogen-bond acceptors (Lipinski definition) is 7. The Morgan fingerprint density at radius 2 is 2.00 bits per heavy atom. The Morgan fingerprint density at radius 1 is 1.26 bits per heavy atom. The fraction of sp³-hybridized carbons (Fsp3) is 0.417. The number of aromatic nitrogens is 3. The van der Waals surface area contributed by atoms with Crippen LogP contribution in [-0.4, -0.2) is 54.9 Å². The minimum Gasteiger partial charge on any atom is -0.494 e. The largest absolute Gasteiger partial charge is 0.494 e. The maximum absolute atomic E-state index is 14.6. The Hall–Kier alpha value is -3.57. The summed E-state index contributed by atoms with van der Waals surface area (Å²) in [7, 11) is 0. The number of anilines is 1. The number of nitrogens with zero attached hydrogens (tertiary/aromatic N) is 3. The van der Waals surface area contributed by atoms with Gasteiger partial charge >= 0.3 is 0 Å². The Labute approximate surface area is 202 Å². The fourth-order valence-electron chi connectivity index (χ4n) is 3.52. The van der Waals surface area contributed by atoms with Gasteiger partial charge in [-0.2, -0.15) is 9.49 Å². The van der Waals surface area contributed by atoms with E-state index in [1.165, 1.54) is 33.6 Å². The summed E-state index contributed by atoms with van der Waals surface area (Å²) in [6.45, 7) is 5.59. The molecule has 3 rings (SSSR count). The molecule has 0 spiro atoms. The van der Waals surface area contributed by atoms with E-state index in [0.29, 0.717) is 13.0 Å². The summed E-state index contributed by atoms with van der Waals surface area (Å²) in [5, 5.41) is 36.0. The minimum absolute atomic E-state index is 0.0525. The van der Waals surface area contributed by atoms with Gasteiger partial charge in [-0.25, -0.2) is 0 Å². The Morgan fingerprint density at radius 3 is 2.69 bits per heavy atom. The second kappa shape index (κ2) is 11.7. The predicted octanol–water partition coefficient (Wildman–Crippen LogP) is 3.30. The van der Waals surface area contributed by atoms with Gasteiger partial charge in [-0.1, -0.05) is 19.9 Å². The lowest BCUT2D eigenvalue weighted by Gasteiger charge is -2.20. The van der Waals surface area contributed by atoms with Gasteiger partial charge in [0.05, 0.1) is 32.1 Å². The van der Waals surface area contributed by atoms with E-state index in [0.717, 1.165) is 0 Å². The maximum Gasteiger partial charge on any atom is 0.248 e. The van der Waals surface area contributed by atoms with Crippen molar-refractivity contribution in [1.29, 1.82) is 0 Å². The molecule has 0 saturated heterocycles. The van der Waals surface area contributed by atoms with E-state index in [1.807, 2.05) is 13.8 Å². The van der Waals surface area contributed by atoms with Crippen LogP contribution >= 0.6 is 0 Å². The zero-order valence-electron chi connectivity index (χ0n) is 19.9. The van der Waals surface area contributed by atoms with Crippen molar-refractivity contribution in [2.75, 3.05) is 18.5 Å². The molecule has 0 aliphatic carbocycles. The van der Waals surface area contributed by atoms with Crippen LogP contribution in [0.4, 0.5) is 10.2 Å². The normalized spacial score (nSPS) is 13.0. The van der Waals surface area contributed by atoms with Gasteiger partial charge in [-0.15, -0.1) is 0 Å². The molecule has 1 amide bonds. The molecule has 11 heteroatoms. The molecule has 0 radical (unpaired) electrons. The number of carbonyl (C=O) groups is 1. The average Bonchev–Trinajstić information content (AvgIpc) is 3.40. The number of amides is 1. The Balaban J connectivity index is 1.80. The van der Waals surface area contributed by atoms with Gasteiger partial charge in [0.25, 0.3) is 0 Å². The van der Waals surface area contributed by atoms with Crippen molar-refractivity contribution < 1.29 is 34.0 Å². The van der Waals surface area contributed by atoms with Crippen molar-refractivity contribution in [2.24, 2.45) is 5.92 Å². The van der Waals surface area contributed by atoms with Crippen molar-refractivity contribution >= 4 is 11.7 Å². The minimum atomic E-state index is -0.971. The Bertz CT molecular complexity index is 1130. The first kappa shape index (κ1) is 26.0. The second-order valence-corrected chi connectivity index (χ2v) is 8.44. The molecule has 1 aromatic carbocycles. The molecule has 3 aromatic rings. The number of carbonyl (C=O) groups excluding carboxylic acids is 1. The molecule has 0 aliphatic heterocycles. The topological polar surface area (TPSA) is 131 Å². The van der Waals surface area contributed by atoms with Crippen molar-refractivity contribution in [1.82, 2.24) is 14.3 Å². The lowest BCUT2D eigenvalue weighted by Crippen LogP contribution is -2.27. The smallest absolute Gasteiger partial charge is 0.248 e. The van der Waals surface area contributed by atoms with Crippen LogP contribution in [0.25, 0.3) is 0 Å². The van der Waals surface area contributed by atoms with E-state index in [4.69, 9.17) is 14.6 Å². The first-order valence-electron chi connectivity index (χ1n) is 11.3. The number of rotatable bonds is 12. The quantitative estimate of drug-likeness (QED) is 0.306. The molecule has 0 saturated carbocycles. The number of halogens is 1.